The molecule has 0 unspecified atom stereocenters. The van der Waals surface area contributed by atoms with E-state index in [1.807, 2.05) is 19.1 Å². The second-order valence-electron chi connectivity index (χ2n) is 6.44. The summed E-state index contributed by atoms with van der Waals surface area (Å²) >= 11 is 0. The SMILES string of the molecule is CCc1noc([C@@H]2CCCCN2C(=O)[C@H]2CC=CC[C@@H]2C(=O)O)n1. The van der Waals surface area contributed by atoms with Crippen molar-refractivity contribution < 1.29 is 19.2 Å². The van der Waals surface area contributed by atoms with Gasteiger partial charge in [-0.3, -0.25) is 9.59 Å². The molecule has 2 aliphatic rings. The maximum atomic E-state index is 13.1. The van der Waals surface area contributed by atoms with Gasteiger partial charge in [-0.15, -0.1) is 0 Å². The molecule has 130 valence electrons. The van der Waals surface area contributed by atoms with Gasteiger partial charge >= 0.3 is 5.97 Å². The standard InChI is InChI=1S/C17H23N3O4/c1-2-14-18-15(24-19-14)13-9-5-6-10-20(13)16(21)11-7-3-4-8-12(11)17(22)23/h3-4,11-13H,2,5-10H2,1H3,(H,22,23)/t11-,12-,13-/m0/s1. The van der Waals surface area contributed by atoms with E-state index in [1.165, 1.54) is 0 Å². The number of amides is 1. The van der Waals surface area contributed by atoms with Gasteiger partial charge < -0.3 is 14.5 Å². The lowest BCUT2D eigenvalue weighted by atomic mass is 9.81. The minimum absolute atomic E-state index is 0.104. The molecule has 0 aromatic carbocycles. The number of rotatable bonds is 4. The molecule has 1 N–H and O–H groups in total. The Kier molecular flexibility index (Phi) is 4.97. The Morgan fingerprint density at radius 3 is 2.71 bits per heavy atom. The predicted molar refractivity (Wildman–Crippen MR) is 85.0 cm³/mol. The van der Waals surface area contributed by atoms with Gasteiger partial charge in [0.1, 0.15) is 6.04 Å². The number of hydrogen-bond donors (Lipinski definition) is 1. The van der Waals surface area contributed by atoms with E-state index in [0.29, 0.717) is 37.5 Å². The number of carboxylic acid groups (broad SMARTS) is 1. The zero-order chi connectivity index (χ0) is 17.1. The van der Waals surface area contributed by atoms with Crippen LogP contribution in [0, 0.1) is 11.8 Å². The van der Waals surface area contributed by atoms with Crippen LogP contribution in [-0.2, 0) is 16.0 Å². The van der Waals surface area contributed by atoms with Crippen molar-refractivity contribution in [3.8, 4) is 0 Å². The Balaban J connectivity index is 1.82. The summed E-state index contributed by atoms with van der Waals surface area (Å²) in [4.78, 5) is 30.7. The third kappa shape index (κ3) is 3.20. The highest BCUT2D eigenvalue weighted by atomic mass is 16.5. The van der Waals surface area contributed by atoms with Gasteiger partial charge in [0.2, 0.25) is 11.8 Å². The molecular weight excluding hydrogens is 310 g/mol. The normalized spacial score (nSPS) is 27.2. The highest BCUT2D eigenvalue weighted by Crippen LogP contribution is 2.35. The van der Waals surface area contributed by atoms with E-state index in [1.54, 1.807) is 4.90 Å². The van der Waals surface area contributed by atoms with Crippen LogP contribution in [-0.4, -0.2) is 38.6 Å². The molecule has 1 fully saturated rings. The number of nitrogens with zero attached hydrogens (tertiary/aromatic N) is 3. The number of aliphatic carboxylic acids is 1. The summed E-state index contributed by atoms with van der Waals surface area (Å²) in [5.41, 5.74) is 0. The minimum Gasteiger partial charge on any atom is -0.481 e. The molecule has 3 atom stereocenters. The molecular formula is C17H23N3O4. The van der Waals surface area contributed by atoms with Crippen LogP contribution in [0.5, 0.6) is 0 Å². The van der Waals surface area contributed by atoms with Crippen LogP contribution in [0.15, 0.2) is 16.7 Å². The number of hydrogen-bond acceptors (Lipinski definition) is 5. The average molecular weight is 333 g/mol. The largest absolute Gasteiger partial charge is 0.481 e. The molecule has 0 saturated carbocycles. The Morgan fingerprint density at radius 2 is 2.04 bits per heavy atom. The van der Waals surface area contributed by atoms with Gasteiger partial charge in [-0.25, -0.2) is 0 Å². The van der Waals surface area contributed by atoms with E-state index in [2.05, 4.69) is 10.1 Å². The summed E-state index contributed by atoms with van der Waals surface area (Å²) < 4.78 is 5.35. The molecule has 0 bridgehead atoms. The van der Waals surface area contributed by atoms with E-state index >= 15 is 0 Å². The third-order valence-electron chi connectivity index (χ3n) is 4.94. The molecule has 0 spiro atoms. The maximum absolute atomic E-state index is 13.1. The van der Waals surface area contributed by atoms with E-state index in [4.69, 9.17) is 4.52 Å². The van der Waals surface area contributed by atoms with E-state index in [9.17, 15) is 14.7 Å². The van der Waals surface area contributed by atoms with Crippen molar-refractivity contribution in [2.24, 2.45) is 11.8 Å². The molecule has 1 aromatic heterocycles. The molecule has 2 heterocycles. The molecule has 3 rings (SSSR count). The zero-order valence-electron chi connectivity index (χ0n) is 13.9. The van der Waals surface area contributed by atoms with Gasteiger partial charge in [-0.05, 0) is 32.1 Å². The number of carboxylic acids is 1. The summed E-state index contributed by atoms with van der Waals surface area (Å²) in [6.07, 6.45) is 8.00. The first-order valence-electron chi connectivity index (χ1n) is 8.62. The fourth-order valence-electron chi connectivity index (χ4n) is 3.57. The first kappa shape index (κ1) is 16.7. The summed E-state index contributed by atoms with van der Waals surface area (Å²) in [7, 11) is 0. The minimum atomic E-state index is -0.905. The Morgan fingerprint density at radius 1 is 1.29 bits per heavy atom. The Bertz CT molecular complexity index is 640. The van der Waals surface area contributed by atoms with E-state index in [0.717, 1.165) is 19.3 Å². The summed E-state index contributed by atoms with van der Waals surface area (Å²) in [6.45, 7) is 2.56. The molecule has 1 amide bonds. The number of allylic oxidation sites excluding steroid dienone is 2. The van der Waals surface area contributed by atoms with Gasteiger partial charge in [-0.2, -0.15) is 4.98 Å². The van der Waals surface area contributed by atoms with Crippen LogP contribution in [0.3, 0.4) is 0 Å². The van der Waals surface area contributed by atoms with Crippen LogP contribution in [0.1, 0.15) is 56.8 Å². The topological polar surface area (TPSA) is 96.5 Å². The highest BCUT2D eigenvalue weighted by Gasteiger charge is 2.40. The molecule has 7 nitrogen and oxygen atoms in total. The van der Waals surface area contributed by atoms with Crippen molar-refractivity contribution in [3.63, 3.8) is 0 Å². The molecule has 1 aromatic rings. The van der Waals surface area contributed by atoms with Crippen LogP contribution in [0.4, 0.5) is 0 Å². The van der Waals surface area contributed by atoms with Crippen LogP contribution in [0.25, 0.3) is 0 Å². The van der Waals surface area contributed by atoms with Crippen LogP contribution < -0.4 is 0 Å². The van der Waals surface area contributed by atoms with Gasteiger partial charge in [0.15, 0.2) is 5.82 Å². The van der Waals surface area contributed by atoms with E-state index < -0.39 is 17.8 Å². The first-order valence-corrected chi connectivity index (χ1v) is 8.62. The van der Waals surface area contributed by atoms with Crippen molar-refractivity contribution in [2.45, 2.75) is 51.5 Å². The lowest BCUT2D eigenvalue weighted by molar-refractivity contribution is -0.152. The number of aromatic nitrogens is 2. The quantitative estimate of drug-likeness (QED) is 0.850. The summed E-state index contributed by atoms with van der Waals surface area (Å²) in [5.74, 6) is -1.07. The second-order valence-corrected chi connectivity index (χ2v) is 6.44. The number of carbonyl (C=O) groups is 2. The molecule has 0 radical (unpaired) electrons. The third-order valence-corrected chi connectivity index (χ3v) is 4.94. The molecule has 1 aliphatic carbocycles. The van der Waals surface area contributed by atoms with Crippen molar-refractivity contribution in [3.05, 3.63) is 23.9 Å². The highest BCUT2D eigenvalue weighted by molar-refractivity contribution is 5.85. The van der Waals surface area contributed by atoms with Crippen molar-refractivity contribution in [2.75, 3.05) is 6.54 Å². The number of aryl methyl sites for hydroxylation is 1. The molecule has 24 heavy (non-hydrogen) atoms. The van der Waals surface area contributed by atoms with E-state index in [-0.39, 0.29) is 11.9 Å². The van der Waals surface area contributed by atoms with Crippen molar-refractivity contribution in [1.82, 2.24) is 15.0 Å². The predicted octanol–water partition coefficient (Wildman–Crippen LogP) is 2.35. The van der Waals surface area contributed by atoms with Gasteiger partial charge in [0, 0.05) is 13.0 Å². The average Bonchev–Trinajstić information content (AvgIpc) is 3.10. The summed E-state index contributed by atoms with van der Waals surface area (Å²) in [6, 6.07) is -0.237. The monoisotopic (exact) mass is 333 g/mol. The first-order chi connectivity index (χ1) is 11.6. The smallest absolute Gasteiger partial charge is 0.307 e. The number of likely N-dealkylation sites (tertiary alicyclic amines) is 1. The summed E-state index contributed by atoms with van der Waals surface area (Å²) in [5, 5.41) is 13.4. The van der Waals surface area contributed by atoms with Crippen molar-refractivity contribution in [1.29, 1.82) is 0 Å². The Hall–Kier alpha value is -2.18. The maximum Gasteiger partial charge on any atom is 0.307 e. The molecule has 7 heteroatoms. The number of carbonyl (C=O) groups excluding carboxylic acids is 1. The van der Waals surface area contributed by atoms with Crippen LogP contribution >= 0.6 is 0 Å². The lowest BCUT2D eigenvalue weighted by Crippen LogP contribution is -2.45. The van der Waals surface area contributed by atoms with Gasteiger partial charge in [0.05, 0.1) is 11.8 Å². The fourth-order valence-corrected chi connectivity index (χ4v) is 3.57. The van der Waals surface area contributed by atoms with Crippen molar-refractivity contribution >= 4 is 11.9 Å². The lowest BCUT2D eigenvalue weighted by Gasteiger charge is -2.37. The Labute approximate surface area is 140 Å². The van der Waals surface area contributed by atoms with Crippen LogP contribution in [0.2, 0.25) is 0 Å². The second kappa shape index (κ2) is 7.15. The van der Waals surface area contributed by atoms with Gasteiger partial charge in [-0.1, -0.05) is 24.2 Å². The fraction of sp³-hybridized carbons (Fsp3) is 0.647. The van der Waals surface area contributed by atoms with Gasteiger partial charge in [0.25, 0.3) is 0 Å². The zero-order valence-corrected chi connectivity index (χ0v) is 13.9. The number of piperidine rings is 1. The molecule has 1 saturated heterocycles. The molecule has 1 aliphatic heterocycles.